The van der Waals surface area contributed by atoms with Crippen molar-refractivity contribution in [3.63, 3.8) is 0 Å². The zero-order chi connectivity index (χ0) is 14.4. The monoisotopic (exact) mass is 343 g/mol. The van der Waals surface area contributed by atoms with E-state index in [1.54, 1.807) is 0 Å². The molecular weight excluding hydrogens is 326 g/mol. The highest BCUT2D eigenvalue weighted by molar-refractivity contribution is 9.10. The minimum absolute atomic E-state index is 0.186. The third-order valence-corrected chi connectivity index (χ3v) is 5.59. The molecule has 108 valence electrons. The molecule has 1 N–H and O–H groups in total. The Hall–Kier alpha value is -1.19. The van der Waals surface area contributed by atoms with Gasteiger partial charge in [0, 0.05) is 28.7 Å². The second-order valence-corrected chi connectivity index (χ2v) is 7.25. The zero-order valence-electron chi connectivity index (χ0n) is 11.8. The summed E-state index contributed by atoms with van der Waals surface area (Å²) in [6, 6.07) is 10.6. The van der Waals surface area contributed by atoms with Gasteiger partial charge in [-0.2, -0.15) is 0 Å². The Labute approximate surface area is 133 Å². The van der Waals surface area contributed by atoms with E-state index in [0.717, 1.165) is 42.3 Å². The number of pyridine rings is 1. The molecule has 2 aromatic rings. The molecule has 0 saturated carbocycles. The molecule has 2 aliphatic carbocycles. The molecular formula is C18H18BrNO. The van der Waals surface area contributed by atoms with Crippen LogP contribution in [-0.4, -0.2) is 15.7 Å². The Balaban J connectivity index is 1.69. The van der Waals surface area contributed by atoms with E-state index in [4.69, 9.17) is 0 Å². The second kappa shape index (κ2) is 4.92. The van der Waals surface area contributed by atoms with Crippen LogP contribution in [0, 0.1) is 0 Å². The van der Waals surface area contributed by atoms with Gasteiger partial charge in [-0.3, -0.25) is 4.98 Å². The first-order valence-electron chi connectivity index (χ1n) is 7.59. The topological polar surface area (TPSA) is 33.1 Å². The molecule has 21 heavy (non-hydrogen) atoms. The van der Waals surface area contributed by atoms with Crippen LogP contribution < -0.4 is 0 Å². The maximum absolute atomic E-state index is 11.3. The molecule has 1 heterocycles. The Morgan fingerprint density at radius 1 is 1.14 bits per heavy atom. The highest BCUT2D eigenvalue weighted by Crippen LogP contribution is 2.45. The number of aromatic nitrogens is 1. The summed E-state index contributed by atoms with van der Waals surface area (Å²) in [6.45, 7) is 0. The van der Waals surface area contributed by atoms with E-state index in [-0.39, 0.29) is 5.92 Å². The normalized spacial score (nSPS) is 27.2. The van der Waals surface area contributed by atoms with Crippen LogP contribution in [0.1, 0.15) is 41.1 Å². The summed E-state index contributed by atoms with van der Waals surface area (Å²) in [7, 11) is 0. The van der Waals surface area contributed by atoms with Crippen molar-refractivity contribution in [1.29, 1.82) is 0 Å². The van der Waals surface area contributed by atoms with Gasteiger partial charge >= 0.3 is 0 Å². The summed E-state index contributed by atoms with van der Waals surface area (Å²) < 4.78 is 1.12. The minimum atomic E-state index is -0.638. The fourth-order valence-corrected chi connectivity index (χ4v) is 4.41. The van der Waals surface area contributed by atoms with Gasteiger partial charge in [0.15, 0.2) is 0 Å². The third kappa shape index (κ3) is 2.23. The fourth-order valence-electron chi connectivity index (χ4n) is 4.00. The Bertz CT molecular complexity index is 699. The highest BCUT2D eigenvalue weighted by Gasteiger charge is 2.43. The highest BCUT2D eigenvalue weighted by atomic mass is 79.9. The van der Waals surface area contributed by atoms with Gasteiger partial charge in [0.1, 0.15) is 0 Å². The smallest absolute Gasteiger partial charge is 0.0774 e. The van der Waals surface area contributed by atoms with Gasteiger partial charge in [-0.05, 0) is 60.6 Å². The lowest BCUT2D eigenvalue weighted by atomic mass is 9.72. The van der Waals surface area contributed by atoms with Gasteiger partial charge in [0.25, 0.3) is 0 Å². The van der Waals surface area contributed by atoms with Crippen LogP contribution in [0.2, 0.25) is 0 Å². The minimum Gasteiger partial charge on any atom is -0.389 e. The van der Waals surface area contributed by atoms with E-state index in [2.05, 4.69) is 45.2 Å². The number of rotatable bonds is 1. The number of fused-ring (bicyclic) bond motifs is 2. The van der Waals surface area contributed by atoms with E-state index < -0.39 is 5.60 Å². The van der Waals surface area contributed by atoms with Gasteiger partial charge < -0.3 is 5.11 Å². The van der Waals surface area contributed by atoms with Crippen molar-refractivity contribution in [2.24, 2.45) is 0 Å². The van der Waals surface area contributed by atoms with Crippen molar-refractivity contribution in [3.8, 4) is 0 Å². The van der Waals surface area contributed by atoms with Crippen molar-refractivity contribution < 1.29 is 5.11 Å². The van der Waals surface area contributed by atoms with Crippen molar-refractivity contribution in [2.75, 3.05) is 0 Å². The van der Waals surface area contributed by atoms with Crippen LogP contribution in [0.15, 0.2) is 41.0 Å². The van der Waals surface area contributed by atoms with E-state index in [1.165, 1.54) is 16.7 Å². The Morgan fingerprint density at radius 2 is 2.05 bits per heavy atom. The van der Waals surface area contributed by atoms with Gasteiger partial charge in [-0.1, -0.05) is 28.1 Å². The molecule has 0 amide bonds. The maximum atomic E-state index is 11.3. The largest absolute Gasteiger partial charge is 0.389 e. The molecule has 0 radical (unpaired) electrons. The molecule has 0 spiro atoms. The summed E-state index contributed by atoms with van der Waals surface area (Å²) in [4.78, 5) is 4.56. The van der Waals surface area contributed by atoms with Gasteiger partial charge in [-0.25, -0.2) is 0 Å². The van der Waals surface area contributed by atoms with Crippen LogP contribution in [0.5, 0.6) is 0 Å². The number of aryl methyl sites for hydroxylation is 2. The van der Waals surface area contributed by atoms with E-state index in [9.17, 15) is 5.11 Å². The summed E-state index contributed by atoms with van der Waals surface area (Å²) in [5.41, 5.74) is 4.46. The number of benzene rings is 1. The average Bonchev–Trinajstić information content (AvgIpc) is 2.92. The molecule has 2 unspecified atom stereocenters. The second-order valence-electron chi connectivity index (χ2n) is 6.33. The summed E-state index contributed by atoms with van der Waals surface area (Å²) in [5, 5.41) is 11.3. The summed E-state index contributed by atoms with van der Waals surface area (Å²) in [5.74, 6) is 0.186. The average molecular weight is 344 g/mol. The summed E-state index contributed by atoms with van der Waals surface area (Å²) >= 11 is 3.53. The Kier molecular flexibility index (Phi) is 3.16. The van der Waals surface area contributed by atoms with E-state index >= 15 is 0 Å². The predicted octanol–water partition coefficient (Wildman–Crippen LogP) is 3.79. The first-order chi connectivity index (χ1) is 10.2. The molecule has 0 bridgehead atoms. The van der Waals surface area contributed by atoms with E-state index in [1.807, 2.05) is 12.3 Å². The SMILES string of the molecule is OC1(C2CCc3cccnc32)CCc2cc(Br)ccc2C1. The molecule has 3 heteroatoms. The van der Waals surface area contributed by atoms with Crippen molar-refractivity contribution in [2.45, 2.75) is 43.6 Å². The zero-order valence-corrected chi connectivity index (χ0v) is 13.4. The Morgan fingerprint density at radius 3 is 2.95 bits per heavy atom. The molecule has 2 aliphatic rings. The number of hydrogen-bond donors (Lipinski definition) is 1. The van der Waals surface area contributed by atoms with Crippen LogP contribution in [0.4, 0.5) is 0 Å². The first kappa shape index (κ1) is 13.5. The van der Waals surface area contributed by atoms with Crippen LogP contribution in [0.25, 0.3) is 0 Å². The summed E-state index contributed by atoms with van der Waals surface area (Å²) in [6.07, 6.45) is 6.45. The molecule has 1 aromatic heterocycles. The molecule has 2 atom stereocenters. The molecule has 0 saturated heterocycles. The molecule has 0 fully saturated rings. The fraction of sp³-hybridized carbons (Fsp3) is 0.389. The van der Waals surface area contributed by atoms with Gasteiger partial charge in [0.2, 0.25) is 0 Å². The number of halogens is 1. The van der Waals surface area contributed by atoms with Gasteiger partial charge in [0.05, 0.1) is 5.60 Å². The van der Waals surface area contributed by atoms with Crippen LogP contribution in [0.3, 0.4) is 0 Å². The lowest BCUT2D eigenvalue weighted by Gasteiger charge is -2.38. The first-order valence-corrected chi connectivity index (χ1v) is 8.38. The maximum Gasteiger partial charge on any atom is 0.0774 e. The molecule has 1 aromatic carbocycles. The lowest BCUT2D eigenvalue weighted by Crippen LogP contribution is -2.41. The number of nitrogens with zero attached hydrogens (tertiary/aromatic N) is 1. The third-order valence-electron chi connectivity index (χ3n) is 5.10. The van der Waals surface area contributed by atoms with Crippen molar-refractivity contribution in [1.82, 2.24) is 4.98 Å². The number of hydrogen-bond acceptors (Lipinski definition) is 2. The van der Waals surface area contributed by atoms with Crippen molar-refractivity contribution >= 4 is 15.9 Å². The quantitative estimate of drug-likeness (QED) is 0.854. The molecule has 2 nitrogen and oxygen atoms in total. The van der Waals surface area contributed by atoms with Crippen LogP contribution >= 0.6 is 15.9 Å². The predicted molar refractivity (Wildman–Crippen MR) is 86.4 cm³/mol. The molecule has 0 aliphatic heterocycles. The van der Waals surface area contributed by atoms with E-state index in [0.29, 0.717) is 0 Å². The lowest BCUT2D eigenvalue weighted by molar-refractivity contribution is -0.00203. The molecule has 4 rings (SSSR count). The van der Waals surface area contributed by atoms with Crippen LogP contribution in [-0.2, 0) is 19.3 Å². The standard InChI is InChI=1S/C18H18BrNO/c19-15-5-3-14-11-18(21,8-7-13(14)10-15)16-6-4-12-2-1-9-20-17(12)16/h1-3,5,9-10,16,21H,4,6-8,11H2. The van der Waals surface area contributed by atoms with Crippen molar-refractivity contribution in [3.05, 3.63) is 63.4 Å². The van der Waals surface area contributed by atoms with Gasteiger partial charge in [-0.15, -0.1) is 0 Å². The number of aliphatic hydroxyl groups is 1.